The lowest BCUT2D eigenvalue weighted by Crippen LogP contribution is -2.40. The van der Waals surface area contributed by atoms with E-state index in [0.717, 1.165) is 24.0 Å². The van der Waals surface area contributed by atoms with E-state index in [1.807, 2.05) is 32.0 Å². The van der Waals surface area contributed by atoms with Crippen molar-refractivity contribution < 1.29 is 22.7 Å². The molecule has 1 aromatic carbocycles. The van der Waals surface area contributed by atoms with E-state index in [4.69, 9.17) is 4.74 Å². The summed E-state index contributed by atoms with van der Waals surface area (Å²) in [6.07, 6.45) is 2.35. The fourth-order valence-electron chi connectivity index (χ4n) is 3.61. The second-order valence-electron chi connectivity index (χ2n) is 7.34. The minimum atomic E-state index is -3.50. The van der Waals surface area contributed by atoms with Crippen LogP contribution in [0.15, 0.2) is 39.9 Å². The van der Waals surface area contributed by atoms with Crippen molar-refractivity contribution in [3.8, 4) is 0 Å². The van der Waals surface area contributed by atoms with Gasteiger partial charge in [0.1, 0.15) is 4.21 Å². The lowest BCUT2D eigenvalue weighted by atomic mass is 9.97. The van der Waals surface area contributed by atoms with Crippen LogP contribution < -0.4 is 0 Å². The number of ether oxygens (including phenoxy) is 1. The number of rotatable bonds is 8. The zero-order chi connectivity index (χ0) is 21.7. The van der Waals surface area contributed by atoms with Gasteiger partial charge in [-0.1, -0.05) is 32.0 Å². The third kappa shape index (κ3) is 4.99. The molecule has 2 aromatic rings. The highest BCUT2D eigenvalue weighted by molar-refractivity contribution is 7.91. The molecule has 0 unspecified atom stereocenters. The Balaban J connectivity index is 1.55. The number of hydrogen-bond donors (Lipinski definition) is 0. The van der Waals surface area contributed by atoms with E-state index in [-0.39, 0.29) is 31.4 Å². The number of sulfonamides is 1. The highest BCUT2D eigenvalue weighted by atomic mass is 32.2. The second kappa shape index (κ2) is 9.85. The van der Waals surface area contributed by atoms with E-state index >= 15 is 0 Å². The highest BCUT2D eigenvalue weighted by Crippen LogP contribution is 2.27. The Morgan fingerprint density at radius 1 is 1.13 bits per heavy atom. The third-order valence-corrected chi connectivity index (χ3v) is 8.76. The van der Waals surface area contributed by atoms with Gasteiger partial charge in [-0.2, -0.15) is 4.31 Å². The van der Waals surface area contributed by atoms with Crippen LogP contribution in [0.3, 0.4) is 0 Å². The van der Waals surface area contributed by atoms with Crippen molar-refractivity contribution in [1.82, 2.24) is 4.31 Å². The van der Waals surface area contributed by atoms with Crippen molar-refractivity contribution in [3.05, 3.63) is 52.4 Å². The van der Waals surface area contributed by atoms with E-state index in [1.165, 1.54) is 15.6 Å². The largest absolute Gasteiger partial charge is 0.457 e. The van der Waals surface area contributed by atoms with Gasteiger partial charge in [0, 0.05) is 18.7 Å². The predicted molar refractivity (Wildman–Crippen MR) is 116 cm³/mol. The summed E-state index contributed by atoms with van der Waals surface area (Å²) in [7, 11) is -3.50. The molecule has 6 nitrogen and oxygen atoms in total. The van der Waals surface area contributed by atoms with Gasteiger partial charge in [0.25, 0.3) is 10.0 Å². The molecular weight excluding hydrogens is 422 g/mol. The van der Waals surface area contributed by atoms with Crippen molar-refractivity contribution in [2.24, 2.45) is 5.92 Å². The van der Waals surface area contributed by atoms with Gasteiger partial charge in [0.15, 0.2) is 6.61 Å². The van der Waals surface area contributed by atoms with Crippen LogP contribution in [0.4, 0.5) is 0 Å². The Morgan fingerprint density at radius 3 is 2.47 bits per heavy atom. The number of thiophene rings is 1. The van der Waals surface area contributed by atoms with E-state index in [2.05, 4.69) is 0 Å². The van der Waals surface area contributed by atoms with E-state index < -0.39 is 16.0 Å². The standard InChI is InChI=1S/C22H27NO5S2/c1-3-16-7-8-17(4-2)19(14-16)20(24)15-28-22(25)18-9-11-23(12-10-18)30(26,27)21-6-5-13-29-21/h5-8,13-14,18H,3-4,9-12,15H2,1-2H3. The van der Waals surface area contributed by atoms with Crippen LogP contribution in [0.5, 0.6) is 0 Å². The van der Waals surface area contributed by atoms with Gasteiger partial charge in [-0.25, -0.2) is 8.42 Å². The first-order chi connectivity index (χ1) is 14.4. The molecule has 0 bridgehead atoms. The smallest absolute Gasteiger partial charge is 0.309 e. The maximum Gasteiger partial charge on any atom is 0.309 e. The predicted octanol–water partition coefficient (Wildman–Crippen LogP) is 3.70. The molecule has 0 amide bonds. The number of benzene rings is 1. The number of esters is 1. The summed E-state index contributed by atoms with van der Waals surface area (Å²) < 4.78 is 32.2. The Bertz CT molecular complexity index is 991. The van der Waals surface area contributed by atoms with Crippen LogP contribution >= 0.6 is 11.3 Å². The summed E-state index contributed by atoms with van der Waals surface area (Å²) in [5.74, 6) is -1.02. The topological polar surface area (TPSA) is 80.8 Å². The Labute approximate surface area is 181 Å². The zero-order valence-electron chi connectivity index (χ0n) is 17.3. The molecule has 1 fully saturated rings. The van der Waals surface area contributed by atoms with Crippen LogP contribution in [-0.4, -0.2) is 44.2 Å². The molecule has 3 rings (SSSR count). The fourth-order valence-corrected chi connectivity index (χ4v) is 6.23. The number of Topliss-reactive ketones (excluding diaryl/α,β-unsaturated/α-hetero) is 1. The van der Waals surface area contributed by atoms with Crippen LogP contribution in [0.25, 0.3) is 0 Å². The normalized spacial score (nSPS) is 15.8. The Kier molecular flexibility index (Phi) is 7.44. The van der Waals surface area contributed by atoms with E-state index in [1.54, 1.807) is 17.5 Å². The van der Waals surface area contributed by atoms with Gasteiger partial charge >= 0.3 is 5.97 Å². The average molecular weight is 450 g/mol. The van der Waals surface area contributed by atoms with Crippen molar-refractivity contribution in [2.45, 2.75) is 43.7 Å². The minimum absolute atomic E-state index is 0.201. The monoisotopic (exact) mass is 449 g/mol. The van der Waals surface area contributed by atoms with Crippen molar-refractivity contribution >= 4 is 33.1 Å². The third-order valence-electron chi connectivity index (χ3n) is 5.49. The maximum absolute atomic E-state index is 12.6. The Morgan fingerprint density at radius 2 is 1.87 bits per heavy atom. The molecule has 1 aliphatic rings. The van der Waals surface area contributed by atoms with Gasteiger partial charge in [-0.15, -0.1) is 11.3 Å². The van der Waals surface area contributed by atoms with Crippen LogP contribution in [-0.2, 0) is 32.4 Å². The minimum Gasteiger partial charge on any atom is -0.457 e. The Hall–Kier alpha value is -2.03. The van der Waals surface area contributed by atoms with Crippen LogP contribution in [0.2, 0.25) is 0 Å². The SMILES string of the molecule is CCc1ccc(CC)c(C(=O)COC(=O)C2CCN(S(=O)(=O)c3cccs3)CC2)c1. The average Bonchev–Trinajstić information content (AvgIpc) is 3.32. The molecule has 0 aliphatic carbocycles. The molecule has 0 saturated carbocycles. The first kappa shape index (κ1) is 22.7. The van der Waals surface area contributed by atoms with Gasteiger partial charge in [0.05, 0.1) is 5.92 Å². The molecule has 30 heavy (non-hydrogen) atoms. The number of carbonyl (C=O) groups excluding carboxylic acids is 2. The van der Waals surface area contributed by atoms with E-state index in [9.17, 15) is 18.0 Å². The second-order valence-corrected chi connectivity index (χ2v) is 10.5. The summed E-state index contributed by atoms with van der Waals surface area (Å²) in [5.41, 5.74) is 2.63. The van der Waals surface area contributed by atoms with E-state index in [0.29, 0.717) is 22.6 Å². The number of carbonyl (C=O) groups is 2. The van der Waals surface area contributed by atoms with Crippen LogP contribution in [0, 0.1) is 5.92 Å². The molecule has 0 radical (unpaired) electrons. The number of hydrogen-bond acceptors (Lipinski definition) is 6. The molecule has 0 N–H and O–H groups in total. The number of piperidine rings is 1. The van der Waals surface area contributed by atoms with Gasteiger partial charge in [0.2, 0.25) is 5.78 Å². The first-order valence-electron chi connectivity index (χ1n) is 10.2. The van der Waals surface area contributed by atoms with Crippen molar-refractivity contribution in [2.75, 3.05) is 19.7 Å². The quantitative estimate of drug-likeness (QED) is 0.453. The fraction of sp³-hybridized carbons (Fsp3) is 0.455. The maximum atomic E-state index is 12.6. The summed E-state index contributed by atoms with van der Waals surface area (Å²) >= 11 is 1.19. The molecule has 8 heteroatoms. The van der Waals surface area contributed by atoms with Gasteiger partial charge < -0.3 is 4.74 Å². The molecule has 1 aliphatic heterocycles. The summed E-state index contributed by atoms with van der Waals surface area (Å²) in [5, 5.41) is 1.73. The zero-order valence-corrected chi connectivity index (χ0v) is 18.9. The van der Waals surface area contributed by atoms with Crippen molar-refractivity contribution in [1.29, 1.82) is 0 Å². The molecule has 0 atom stereocenters. The number of nitrogens with zero attached hydrogens (tertiary/aromatic N) is 1. The first-order valence-corrected chi connectivity index (χ1v) is 12.5. The molecule has 1 aromatic heterocycles. The van der Waals surface area contributed by atoms with Gasteiger partial charge in [-0.05, 0) is 54.3 Å². The lowest BCUT2D eigenvalue weighted by molar-refractivity contribution is -0.148. The molecule has 162 valence electrons. The molecular formula is C22H27NO5S2. The highest BCUT2D eigenvalue weighted by Gasteiger charge is 2.33. The molecule has 1 saturated heterocycles. The summed E-state index contributed by atoms with van der Waals surface area (Å²) in [6, 6.07) is 9.14. The summed E-state index contributed by atoms with van der Waals surface area (Å²) in [6.45, 7) is 4.27. The van der Waals surface area contributed by atoms with Gasteiger partial charge in [-0.3, -0.25) is 9.59 Å². The number of aryl methyl sites for hydroxylation is 2. The van der Waals surface area contributed by atoms with Crippen molar-refractivity contribution in [3.63, 3.8) is 0 Å². The molecule has 0 spiro atoms. The molecule has 2 heterocycles. The lowest BCUT2D eigenvalue weighted by Gasteiger charge is -2.29. The van der Waals surface area contributed by atoms with Crippen LogP contribution in [0.1, 0.15) is 48.2 Å². The summed E-state index contributed by atoms with van der Waals surface area (Å²) in [4.78, 5) is 25.1. The number of ketones is 1.